The van der Waals surface area contributed by atoms with E-state index in [2.05, 4.69) is 5.32 Å². The van der Waals surface area contributed by atoms with Gasteiger partial charge in [0.2, 0.25) is 5.91 Å². The molecule has 23 heavy (non-hydrogen) atoms. The van der Waals surface area contributed by atoms with Crippen molar-refractivity contribution in [1.82, 2.24) is 10.2 Å². The van der Waals surface area contributed by atoms with Gasteiger partial charge in [-0.05, 0) is 18.2 Å². The molecule has 1 aromatic carbocycles. The molecule has 1 heterocycles. The van der Waals surface area contributed by atoms with E-state index in [0.29, 0.717) is 6.61 Å². The van der Waals surface area contributed by atoms with Crippen LogP contribution in [0.1, 0.15) is 11.1 Å². The minimum atomic E-state index is -4.36. The molecule has 1 aliphatic rings. The molecule has 1 fully saturated rings. The Morgan fingerprint density at radius 2 is 1.96 bits per heavy atom. The Balaban J connectivity index is 2.02. The molecule has 0 saturated carbocycles. The Morgan fingerprint density at radius 3 is 2.57 bits per heavy atom. The molecule has 2 atom stereocenters. The molecule has 0 unspecified atom stereocenters. The third-order valence-electron chi connectivity index (χ3n) is 4.13. The molecule has 0 aromatic heterocycles. The summed E-state index contributed by atoms with van der Waals surface area (Å²) in [6.07, 6.45) is -4.36. The Labute approximate surface area is 133 Å². The molecule has 1 amide bonds. The normalized spacial score (nSPS) is 22.3. The average Bonchev–Trinajstić information content (AvgIpc) is 2.89. The van der Waals surface area contributed by atoms with Gasteiger partial charge in [-0.2, -0.15) is 13.2 Å². The summed E-state index contributed by atoms with van der Waals surface area (Å²) in [7, 11) is 3.16. The van der Waals surface area contributed by atoms with Crippen molar-refractivity contribution in [1.29, 1.82) is 0 Å². The number of carbonyl (C=O) groups excluding carboxylic acids is 1. The number of amides is 1. The smallest absolute Gasteiger partial charge is 0.380 e. The Kier molecular flexibility index (Phi) is 5.64. The number of likely N-dealkylation sites (tertiary alicyclic amines) is 1. The highest BCUT2D eigenvalue weighted by Crippen LogP contribution is 2.37. The lowest BCUT2D eigenvalue weighted by Crippen LogP contribution is -2.40. The Hall–Kier alpha value is -1.60. The Bertz CT molecular complexity index is 548. The highest BCUT2D eigenvalue weighted by atomic mass is 19.4. The maximum absolute atomic E-state index is 13.0. The highest BCUT2D eigenvalue weighted by Gasteiger charge is 2.51. The zero-order chi connectivity index (χ0) is 17.0. The molecular weight excluding hydrogens is 309 g/mol. The number of nitrogens with one attached hydrogen (secondary N) is 1. The van der Waals surface area contributed by atoms with Crippen molar-refractivity contribution in [2.24, 2.45) is 11.8 Å². The number of alkyl halides is 3. The van der Waals surface area contributed by atoms with Gasteiger partial charge in [0, 0.05) is 26.7 Å². The molecular formula is C16H21F3N2O2. The summed E-state index contributed by atoms with van der Waals surface area (Å²) in [5, 5.41) is 2.64. The van der Waals surface area contributed by atoms with Gasteiger partial charge in [0.15, 0.2) is 0 Å². The molecule has 1 aliphatic heterocycles. The molecule has 1 aromatic rings. The monoisotopic (exact) mass is 330 g/mol. The molecule has 128 valence electrons. The van der Waals surface area contributed by atoms with E-state index in [1.165, 1.54) is 0 Å². The summed E-state index contributed by atoms with van der Waals surface area (Å²) in [6, 6.07) is 7.37. The first-order valence-electron chi connectivity index (χ1n) is 7.41. The van der Waals surface area contributed by atoms with E-state index in [1.54, 1.807) is 19.1 Å². The molecule has 2 rings (SSSR count). The van der Waals surface area contributed by atoms with Crippen molar-refractivity contribution in [2.75, 3.05) is 27.2 Å². The molecule has 1 saturated heterocycles. The maximum Gasteiger partial charge on any atom is 0.393 e. The van der Waals surface area contributed by atoms with Gasteiger partial charge in [-0.3, -0.25) is 4.79 Å². The van der Waals surface area contributed by atoms with Crippen LogP contribution in [0.25, 0.3) is 0 Å². The second kappa shape index (κ2) is 7.31. The highest BCUT2D eigenvalue weighted by molar-refractivity contribution is 5.79. The Morgan fingerprint density at radius 1 is 1.30 bits per heavy atom. The SMILES string of the molecule is COCc1ccccc1CNC(=O)[C@@H]1CN(C)C[C@H]1C(F)(F)F. The van der Waals surface area contributed by atoms with Crippen molar-refractivity contribution < 1.29 is 22.7 Å². The second-order valence-electron chi connectivity index (χ2n) is 5.90. The second-order valence-corrected chi connectivity index (χ2v) is 5.90. The number of rotatable bonds is 5. The topological polar surface area (TPSA) is 41.6 Å². The van der Waals surface area contributed by atoms with Crippen molar-refractivity contribution in [3.8, 4) is 0 Å². The molecule has 0 bridgehead atoms. The van der Waals surface area contributed by atoms with E-state index >= 15 is 0 Å². The number of hydrogen-bond acceptors (Lipinski definition) is 3. The van der Waals surface area contributed by atoms with Gasteiger partial charge in [0.1, 0.15) is 0 Å². The molecule has 0 aliphatic carbocycles. The zero-order valence-corrected chi connectivity index (χ0v) is 13.2. The van der Waals surface area contributed by atoms with E-state index in [4.69, 9.17) is 4.74 Å². The van der Waals surface area contributed by atoms with Gasteiger partial charge in [-0.25, -0.2) is 0 Å². The van der Waals surface area contributed by atoms with Crippen LogP contribution in [-0.2, 0) is 22.7 Å². The molecule has 7 heteroatoms. The minimum absolute atomic E-state index is 0.121. The number of ether oxygens (including phenoxy) is 1. The number of methoxy groups -OCH3 is 1. The van der Waals surface area contributed by atoms with Crippen molar-refractivity contribution >= 4 is 5.91 Å². The first kappa shape index (κ1) is 17.7. The van der Waals surface area contributed by atoms with E-state index in [9.17, 15) is 18.0 Å². The van der Waals surface area contributed by atoms with Crippen LogP contribution in [0.2, 0.25) is 0 Å². The van der Waals surface area contributed by atoms with Crippen LogP contribution < -0.4 is 5.32 Å². The lowest BCUT2D eigenvalue weighted by atomic mass is 9.94. The van der Waals surface area contributed by atoms with Gasteiger partial charge in [0.25, 0.3) is 0 Å². The lowest BCUT2D eigenvalue weighted by Gasteiger charge is -2.21. The van der Waals surface area contributed by atoms with E-state index < -0.39 is 23.9 Å². The summed E-state index contributed by atoms with van der Waals surface area (Å²) in [6.45, 7) is 0.574. The third-order valence-corrected chi connectivity index (χ3v) is 4.13. The number of hydrogen-bond donors (Lipinski definition) is 1. The fourth-order valence-electron chi connectivity index (χ4n) is 2.94. The predicted molar refractivity (Wildman–Crippen MR) is 79.5 cm³/mol. The number of halogens is 3. The standard InChI is InChI=1S/C16H21F3N2O2/c1-21-8-13(14(9-21)16(17,18)19)15(22)20-7-11-5-3-4-6-12(11)10-23-2/h3-6,13-14H,7-10H2,1-2H3,(H,20,22)/t13-,14-/m1/s1. The van der Waals surface area contributed by atoms with Gasteiger partial charge in [-0.15, -0.1) is 0 Å². The van der Waals surface area contributed by atoms with Crippen LogP contribution >= 0.6 is 0 Å². The largest absolute Gasteiger partial charge is 0.393 e. The fourth-order valence-corrected chi connectivity index (χ4v) is 2.94. The van der Waals surface area contributed by atoms with Crippen LogP contribution in [0, 0.1) is 11.8 Å². The molecule has 1 N–H and O–H groups in total. The summed E-state index contributed by atoms with van der Waals surface area (Å²) < 4.78 is 44.2. The summed E-state index contributed by atoms with van der Waals surface area (Å²) >= 11 is 0. The quantitative estimate of drug-likeness (QED) is 0.900. The molecule has 0 radical (unpaired) electrons. The number of benzene rings is 1. The molecule has 0 spiro atoms. The van der Waals surface area contributed by atoms with Gasteiger partial charge >= 0.3 is 6.18 Å². The van der Waals surface area contributed by atoms with E-state index in [0.717, 1.165) is 11.1 Å². The first-order chi connectivity index (χ1) is 10.8. The molecule has 4 nitrogen and oxygen atoms in total. The number of carbonyl (C=O) groups is 1. The lowest BCUT2D eigenvalue weighted by molar-refractivity contribution is -0.183. The minimum Gasteiger partial charge on any atom is -0.380 e. The average molecular weight is 330 g/mol. The van der Waals surface area contributed by atoms with E-state index in [1.807, 2.05) is 24.3 Å². The maximum atomic E-state index is 13.0. The summed E-state index contributed by atoms with van der Waals surface area (Å²) in [4.78, 5) is 13.8. The van der Waals surface area contributed by atoms with Crippen LogP contribution in [-0.4, -0.2) is 44.2 Å². The zero-order valence-electron chi connectivity index (χ0n) is 13.2. The predicted octanol–water partition coefficient (Wildman–Crippen LogP) is 2.19. The number of nitrogens with zero attached hydrogens (tertiary/aromatic N) is 1. The van der Waals surface area contributed by atoms with Crippen LogP contribution in [0.4, 0.5) is 13.2 Å². The van der Waals surface area contributed by atoms with Gasteiger partial charge < -0.3 is 15.0 Å². The summed E-state index contributed by atoms with van der Waals surface area (Å²) in [5.74, 6) is -3.22. The third kappa shape index (κ3) is 4.45. The van der Waals surface area contributed by atoms with Crippen molar-refractivity contribution in [3.05, 3.63) is 35.4 Å². The summed E-state index contributed by atoms with van der Waals surface area (Å²) in [5.41, 5.74) is 1.75. The van der Waals surface area contributed by atoms with E-state index in [-0.39, 0.29) is 19.6 Å². The van der Waals surface area contributed by atoms with Crippen LogP contribution in [0.5, 0.6) is 0 Å². The fraction of sp³-hybridized carbons (Fsp3) is 0.562. The van der Waals surface area contributed by atoms with Gasteiger partial charge in [0.05, 0.1) is 18.4 Å². The van der Waals surface area contributed by atoms with Gasteiger partial charge in [-0.1, -0.05) is 24.3 Å². The van der Waals surface area contributed by atoms with Crippen molar-refractivity contribution in [2.45, 2.75) is 19.3 Å². The van der Waals surface area contributed by atoms with Crippen LogP contribution in [0.3, 0.4) is 0 Å². The van der Waals surface area contributed by atoms with Crippen LogP contribution in [0.15, 0.2) is 24.3 Å². The first-order valence-corrected chi connectivity index (χ1v) is 7.41. The van der Waals surface area contributed by atoms with Crippen molar-refractivity contribution in [3.63, 3.8) is 0 Å².